The summed E-state index contributed by atoms with van der Waals surface area (Å²) in [5, 5.41) is 7.52. The van der Waals surface area contributed by atoms with Gasteiger partial charge in [0.1, 0.15) is 17.3 Å². The molecular formula is C13H17F3N4O. The van der Waals surface area contributed by atoms with E-state index in [-0.39, 0.29) is 29.4 Å². The number of hydrogen-bond donors (Lipinski definition) is 2. The van der Waals surface area contributed by atoms with Gasteiger partial charge in [-0.15, -0.1) is 0 Å². The van der Waals surface area contributed by atoms with Gasteiger partial charge in [-0.1, -0.05) is 0 Å². The first-order valence-electron chi connectivity index (χ1n) is 6.51. The minimum Gasteiger partial charge on any atom is -0.384 e. The number of alkyl halides is 3. The molecule has 1 fully saturated rings. The smallest absolute Gasteiger partial charge is 0.384 e. The van der Waals surface area contributed by atoms with E-state index in [0.29, 0.717) is 13.1 Å². The zero-order valence-electron chi connectivity index (χ0n) is 11.7. The second-order valence-corrected chi connectivity index (χ2v) is 5.14. The van der Waals surface area contributed by atoms with Crippen molar-refractivity contribution in [3.8, 4) is 0 Å². The maximum absolute atomic E-state index is 12.8. The van der Waals surface area contributed by atoms with Crippen LogP contribution < -0.4 is 10.6 Å². The van der Waals surface area contributed by atoms with Crippen LogP contribution in [0.3, 0.4) is 0 Å². The molecule has 0 bridgehead atoms. The van der Waals surface area contributed by atoms with Gasteiger partial charge in [0.25, 0.3) is 0 Å². The number of ether oxygens (including phenoxy) is 1. The first-order valence-corrected chi connectivity index (χ1v) is 6.51. The van der Waals surface area contributed by atoms with Crippen molar-refractivity contribution in [1.82, 2.24) is 4.98 Å². The van der Waals surface area contributed by atoms with Gasteiger partial charge < -0.3 is 15.4 Å². The van der Waals surface area contributed by atoms with Crippen LogP contribution in [0.4, 0.5) is 19.0 Å². The molecule has 8 heteroatoms. The molecule has 1 aliphatic rings. The van der Waals surface area contributed by atoms with Gasteiger partial charge in [0.15, 0.2) is 0 Å². The van der Waals surface area contributed by atoms with E-state index in [4.69, 9.17) is 15.9 Å². The summed E-state index contributed by atoms with van der Waals surface area (Å²) in [5.41, 5.74) is 4.66. The third kappa shape index (κ3) is 3.44. The van der Waals surface area contributed by atoms with Crippen LogP contribution in [0.25, 0.3) is 0 Å². The number of aromatic nitrogens is 1. The third-order valence-electron chi connectivity index (χ3n) is 3.17. The zero-order valence-corrected chi connectivity index (χ0v) is 11.7. The highest BCUT2D eigenvalue weighted by Gasteiger charge is 2.34. The first kappa shape index (κ1) is 15.6. The number of nitrogens with two attached hydrogens (primary N) is 1. The Balaban J connectivity index is 2.45. The van der Waals surface area contributed by atoms with E-state index in [0.717, 1.165) is 6.07 Å². The van der Waals surface area contributed by atoms with Crippen LogP contribution in [0.2, 0.25) is 0 Å². The predicted molar refractivity (Wildman–Crippen MR) is 72.5 cm³/mol. The number of hydrogen-bond acceptors (Lipinski definition) is 4. The van der Waals surface area contributed by atoms with Gasteiger partial charge in [-0.3, -0.25) is 5.41 Å². The molecular weight excluding hydrogens is 285 g/mol. The van der Waals surface area contributed by atoms with Crippen molar-refractivity contribution in [3.05, 3.63) is 23.4 Å². The minimum atomic E-state index is -4.53. The monoisotopic (exact) mass is 302 g/mol. The van der Waals surface area contributed by atoms with Crippen molar-refractivity contribution in [1.29, 1.82) is 5.41 Å². The minimum absolute atomic E-state index is 0.0827. The Bertz CT molecular complexity index is 537. The topological polar surface area (TPSA) is 75.2 Å². The average Bonchev–Trinajstić information content (AvgIpc) is 2.35. The maximum atomic E-state index is 12.8. The Kier molecular flexibility index (Phi) is 4.08. The highest BCUT2D eigenvalue weighted by molar-refractivity contribution is 5.99. The van der Waals surface area contributed by atoms with Crippen LogP contribution in [0.1, 0.15) is 25.1 Å². The lowest BCUT2D eigenvalue weighted by Gasteiger charge is -2.37. The fourth-order valence-corrected chi connectivity index (χ4v) is 2.41. The summed E-state index contributed by atoms with van der Waals surface area (Å²) in [4.78, 5) is 5.37. The second-order valence-electron chi connectivity index (χ2n) is 5.14. The standard InChI is InChI=1S/C13H17F3N4O/c1-7-5-20(6-8(2)21-7)12-9(11(17)18)3-4-10(19-12)13(14,15)16/h3-4,7-8H,5-6H2,1-2H3,(H3,17,18)/t7-,8+. The van der Waals surface area contributed by atoms with Crippen LogP contribution >= 0.6 is 0 Å². The van der Waals surface area contributed by atoms with Gasteiger partial charge in [-0.05, 0) is 26.0 Å². The number of nitrogens with zero attached hydrogens (tertiary/aromatic N) is 2. The molecule has 0 radical (unpaired) electrons. The highest BCUT2D eigenvalue weighted by Crippen LogP contribution is 2.31. The molecule has 2 heterocycles. The van der Waals surface area contributed by atoms with Crippen LogP contribution in [0.15, 0.2) is 12.1 Å². The molecule has 116 valence electrons. The lowest BCUT2D eigenvalue weighted by molar-refractivity contribution is -0.141. The Morgan fingerprint density at radius 2 is 1.90 bits per heavy atom. The molecule has 3 N–H and O–H groups in total. The fourth-order valence-electron chi connectivity index (χ4n) is 2.41. The largest absolute Gasteiger partial charge is 0.433 e. The number of rotatable bonds is 2. The molecule has 21 heavy (non-hydrogen) atoms. The average molecular weight is 302 g/mol. The van der Waals surface area contributed by atoms with Gasteiger partial charge in [0, 0.05) is 13.1 Å². The maximum Gasteiger partial charge on any atom is 0.433 e. The van der Waals surface area contributed by atoms with Crippen LogP contribution in [-0.4, -0.2) is 36.1 Å². The van der Waals surface area contributed by atoms with E-state index < -0.39 is 11.9 Å². The summed E-state index contributed by atoms with van der Waals surface area (Å²) in [6.45, 7) is 4.48. The first-order chi connectivity index (χ1) is 9.68. The summed E-state index contributed by atoms with van der Waals surface area (Å²) in [6, 6.07) is 2.03. The van der Waals surface area contributed by atoms with Crippen molar-refractivity contribution < 1.29 is 17.9 Å². The highest BCUT2D eigenvalue weighted by atomic mass is 19.4. The molecule has 1 aromatic heterocycles. The van der Waals surface area contributed by atoms with Gasteiger partial charge in [0.05, 0.1) is 17.8 Å². The van der Waals surface area contributed by atoms with Crippen molar-refractivity contribution >= 4 is 11.7 Å². The van der Waals surface area contributed by atoms with Crippen molar-refractivity contribution in [2.75, 3.05) is 18.0 Å². The molecule has 2 atom stereocenters. The predicted octanol–water partition coefficient (Wildman–Crippen LogP) is 2.00. The molecule has 1 aromatic rings. The van der Waals surface area contributed by atoms with Gasteiger partial charge in [0.2, 0.25) is 0 Å². The molecule has 0 aliphatic carbocycles. The van der Waals surface area contributed by atoms with E-state index in [2.05, 4.69) is 4.98 Å². The molecule has 0 saturated carbocycles. The van der Waals surface area contributed by atoms with Crippen LogP contribution in [0.5, 0.6) is 0 Å². The van der Waals surface area contributed by atoms with Gasteiger partial charge in [-0.2, -0.15) is 13.2 Å². The zero-order chi connectivity index (χ0) is 15.8. The quantitative estimate of drug-likeness (QED) is 0.647. The lowest BCUT2D eigenvalue weighted by atomic mass is 10.1. The summed E-state index contributed by atoms with van der Waals surface area (Å²) >= 11 is 0. The van der Waals surface area contributed by atoms with Crippen LogP contribution in [0, 0.1) is 5.41 Å². The van der Waals surface area contributed by atoms with E-state index in [1.165, 1.54) is 6.07 Å². The molecule has 0 aromatic carbocycles. The molecule has 0 amide bonds. The van der Waals surface area contributed by atoms with Crippen LogP contribution in [-0.2, 0) is 10.9 Å². The summed E-state index contributed by atoms with van der Waals surface area (Å²) < 4.78 is 44.1. The number of nitrogens with one attached hydrogen (secondary N) is 1. The Morgan fingerprint density at radius 3 is 2.38 bits per heavy atom. The molecule has 0 spiro atoms. The molecule has 5 nitrogen and oxygen atoms in total. The van der Waals surface area contributed by atoms with Gasteiger partial charge in [-0.25, -0.2) is 4.98 Å². The van der Waals surface area contributed by atoms with Crippen molar-refractivity contribution in [2.24, 2.45) is 5.73 Å². The SMILES string of the molecule is C[C@@H]1CN(c2nc(C(F)(F)F)ccc2C(=N)N)C[C@H](C)O1. The summed E-state index contributed by atoms with van der Waals surface area (Å²) in [7, 11) is 0. The Morgan fingerprint density at radius 1 is 1.33 bits per heavy atom. The van der Waals surface area contributed by atoms with E-state index in [1.807, 2.05) is 13.8 Å². The normalized spacial score (nSPS) is 23.2. The number of amidine groups is 1. The Hall–Kier alpha value is -1.83. The summed E-state index contributed by atoms with van der Waals surface area (Å²) in [5.74, 6) is -0.225. The number of pyridine rings is 1. The molecule has 2 rings (SSSR count). The molecule has 0 unspecified atom stereocenters. The fraction of sp³-hybridized carbons (Fsp3) is 0.538. The number of halogens is 3. The Labute approximate surface area is 120 Å². The number of anilines is 1. The van der Waals surface area contributed by atoms with E-state index in [1.54, 1.807) is 4.90 Å². The lowest BCUT2D eigenvalue weighted by Crippen LogP contribution is -2.46. The molecule has 1 aliphatic heterocycles. The number of morpholine rings is 1. The number of nitrogen functional groups attached to an aromatic ring is 1. The van der Waals surface area contributed by atoms with E-state index >= 15 is 0 Å². The third-order valence-corrected chi connectivity index (χ3v) is 3.17. The summed E-state index contributed by atoms with van der Waals surface area (Å²) in [6.07, 6.45) is -4.80. The van der Waals surface area contributed by atoms with E-state index in [9.17, 15) is 13.2 Å². The second kappa shape index (κ2) is 5.51. The van der Waals surface area contributed by atoms with Gasteiger partial charge >= 0.3 is 6.18 Å². The van der Waals surface area contributed by atoms with Crippen molar-refractivity contribution in [2.45, 2.75) is 32.2 Å². The van der Waals surface area contributed by atoms with Crippen molar-refractivity contribution in [3.63, 3.8) is 0 Å². The molecule has 1 saturated heterocycles.